The Labute approximate surface area is 162 Å². The maximum absolute atomic E-state index is 12.5. The highest BCUT2D eigenvalue weighted by molar-refractivity contribution is 5.93. The Morgan fingerprint density at radius 2 is 1.70 bits per heavy atom. The van der Waals surface area contributed by atoms with E-state index in [-0.39, 0.29) is 24.7 Å². The molecule has 1 heterocycles. The molecule has 0 aliphatic rings. The van der Waals surface area contributed by atoms with Gasteiger partial charge < -0.3 is 5.32 Å². The number of benzene rings is 1. The Kier molecular flexibility index (Phi) is 8.24. The van der Waals surface area contributed by atoms with Gasteiger partial charge in [0.15, 0.2) is 0 Å². The molecule has 0 aliphatic carbocycles. The Hall–Kier alpha value is -2.43. The lowest BCUT2D eigenvalue weighted by molar-refractivity contribution is -0.116. The zero-order valence-corrected chi connectivity index (χ0v) is 16.8. The number of para-hydroxylation sites is 1. The minimum Gasteiger partial charge on any atom is -0.326 e. The van der Waals surface area contributed by atoms with Crippen LogP contribution < -0.4 is 5.32 Å². The van der Waals surface area contributed by atoms with Crippen molar-refractivity contribution in [3.8, 4) is 0 Å². The van der Waals surface area contributed by atoms with E-state index in [9.17, 15) is 9.59 Å². The maximum Gasteiger partial charge on any atom is 0.247 e. The Morgan fingerprint density at radius 3 is 2.41 bits per heavy atom. The molecule has 2 aromatic rings. The first kappa shape index (κ1) is 20.9. The van der Waals surface area contributed by atoms with Crippen LogP contribution in [0.4, 0.5) is 5.69 Å². The second-order valence-electron chi connectivity index (χ2n) is 7.03. The van der Waals surface area contributed by atoms with Crippen LogP contribution in [0.1, 0.15) is 73.6 Å². The summed E-state index contributed by atoms with van der Waals surface area (Å²) in [5.74, 6) is -0.289. The molecule has 0 unspecified atom stereocenters. The summed E-state index contributed by atoms with van der Waals surface area (Å²) in [7, 11) is 0. The molecule has 0 spiro atoms. The third-order valence-corrected chi connectivity index (χ3v) is 4.83. The summed E-state index contributed by atoms with van der Waals surface area (Å²) in [4.78, 5) is 24.6. The van der Waals surface area contributed by atoms with Crippen LogP contribution in [0.3, 0.4) is 0 Å². The number of carbonyl (C=O) groups is 2. The van der Waals surface area contributed by atoms with Gasteiger partial charge in [0.2, 0.25) is 11.8 Å². The van der Waals surface area contributed by atoms with E-state index in [4.69, 9.17) is 0 Å². The fraction of sp³-hybridized carbons (Fsp3) is 0.500. The van der Waals surface area contributed by atoms with Crippen LogP contribution in [0.2, 0.25) is 0 Å². The maximum atomic E-state index is 12.5. The molecule has 0 aliphatic heterocycles. The van der Waals surface area contributed by atoms with Crippen molar-refractivity contribution in [2.45, 2.75) is 72.1 Å². The standard InChI is InChI=1S/C22H31N3O2/c1-4-5-6-7-11-14-20-17(2)24-25(18(20)3)22(27)16-15-21(26)23-19-12-9-8-10-13-19/h8-10,12-13H,4-7,11,14-16H2,1-3H3,(H,23,26). The predicted octanol–water partition coefficient (Wildman–Crippen LogP) is 5.07. The third-order valence-electron chi connectivity index (χ3n) is 4.83. The molecule has 0 bridgehead atoms. The molecule has 1 amide bonds. The molecule has 0 saturated carbocycles. The lowest BCUT2D eigenvalue weighted by atomic mass is 10.0. The number of unbranched alkanes of at least 4 members (excludes halogenated alkanes) is 4. The molecular formula is C22H31N3O2. The monoisotopic (exact) mass is 369 g/mol. The topological polar surface area (TPSA) is 64.0 Å². The number of amides is 1. The van der Waals surface area contributed by atoms with Crippen molar-refractivity contribution >= 4 is 17.5 Å². The molecule has 146 valence electrons. The molecule has 27 heavy (non-hydrogen) atoms. The zero-order chi connectivity index (χ0) is 19.6. The highest BCUT2D eigenvalue weighted by Gasteiger charge is 2.17. The summed E-state index contributed by atoms with van der Waals surface area (Å²) in [6, 6.07) is 9.27. The molecule has 0 saturated heterocycles. The van der Waals surface area contributed by atoms with Gasteiger partial charge in [-0.1, -0.05) is 50.8 Å². The van der Waals surface area contributed by atoms with Crippen molar-refractivity contribution in [1.82, 2.24) is 9.78 Å². The van der Waals surface area contributed by atoms with Gasteiger partial charge in [-0.25, -0.2) is 4.68 Å². The molecular weight excluding hydrogens is 338 g/mol. The van der Waals surface area contributed by atoms with Crippen LogP contribution >= 0.6 is 0 Å². The summed E-state index contributed by atoms with van der Waals surface area (Å²) in [6.45, 7) is 6.12. The lowest BCUT2D eigenvalue weighted by Crippen LogP contribution is -2.18. The third kappa shape index (κ3) is 6.35. The van der Waals surface area contributed by atoms with E-state index in [0.29, 0.717) is 0 Å². The fourth-order valence-corrected chi connectivity index (χ4v) is 3.26. The summed E-state index contributed by atoms with van der Waals surface area (Å²) in [6.07, 6.45) is 7.38. The zero-order valence-electron chi connectivity index (χ0n) is 16.8. The van der Waals surface area contributed by atoms with E-state index >= 15 is 0 Å². The van der Waals surface area contributed by atoms with E-state index in [2.05, 4.69) is 17.3 Å². The number of anilines is 1. The van der Waals surface area contributed by atoms with Crippen molar-refractivity contribution in [2.24, 2.45) is 0 Å². The first-order valence-corrected chi connectivity index (χ1v) is 9.96. The predicted molar refractivity (Wildman–Crippen MR) is 109 cm³/mol. The first-order chi connectivity index (χ1) is 13.0. The quantitative estimate of drug-likeness (QED) is 0.595. The van der Waals surface area contributed by atoms with Crippen LogP contribution in [0.25, 0.3) is 0 Å². The molecule has 2 rings (SSSR count). The molecule has 0 fully saturated rings. The summed E-state index contributed by atoms with van der Waals surface area (Å²) < 4.78 is 1.48. The van der Waals surface area contributed by atoms with Crippen LogP contribution in [-0.4, -0.2) is 21.6 Å². The summed E-state index contributed by atoms with van der Waals surface area (Å²) in [5.41, 5.74) is 3.75. The minimum absolute atomic E-state index is 0.129. The van der Waals surface area contributed by atoms with Crippen molar-refractivity contribution in [3.05, 3.63) is 47.3 Å². The van der Waals surface area contributed by atoms with Gasteiger partial charge >= 0.3 is 0 Å². The van der Waals surface area contributed by atoms with Gasteiger partial charge in [-0.15, -0.1) is 0 Å². The van der Waals surface area contributed by atoms with E-state index in [1.807, 2.05) is 44.2 Å². The van der Waals surface area contributed by atoms with Gasteiger partial charge in [0.25, 0.3) is 0 Å². The van der Waals surface area contributed by atoms with Gasteiger partial charge in [0.05, 0.1) is 5.69 Å². The average molecular weight is 370 g/mol. The Bertz CT molecular complexity index is 750. The number of carbonyl (C=O) groups excluding carboxylic acids is 2. The Balaban J connectivity index is 1.86. The molecule has 1 N–H and O–H groups in total. The van der Waals surface area contributed by atoms with Crippen molar-refractivity contribution in [1.29, 1.82) is 0 Å². The van der Waals surface area contributed by atoms with Gasteiger partial charge in [-0.05, 0) is 44.4 Å². The SMILES string of the molecule is CCCCCCCc1c(C)nn(C(=O)CCC(=O)Nc2ccccc2)c1C. The second-order valence-corrected chi connectivity index (χ2v) is 7.03. The first-order valence-electron chi connectivity index (χ1n) is 9.96. The minimum atomic E-state index is -0.160. The van der Waals surface area contributed by atoms with Crippen LogP contribution in [0.15, 0.2) is 30.3 Å². The molecule has 1 aromatic heterocycles. The fourth-order valence-electron chi connectivity index (χ4n) is 3.26. The molecule has 5 heteroatoms. The largest absolute Gasteiger partial charge is 0.326 e. The molecule has 0 atom stereocenters. The normalized spacial score (nSPS) is 10.8. The summed E-state index contributed by atoms with van der Waals surface area (Å²) >= 11 is 0. The van der Waals surface area contributed by atoms with Gasteiger partial charge in [0.1, 0.15) is 0 Å². The Morgan fingerprint density at radius 1 is 1.00 bits per heavy atom. The van der Waals surface area contributed by atoms with Crippen LogP contribution in [0.5, 0.6) is 0 Å². The number of nitrogens with one attached hydrogen (secondary N) is 1. The number of nitrogens with zero attached hydrogens (tertiary/aromatic N) is 2. The molecule has 1 aromatic carbocycles. The highest BCUT2D eigenvalue weighted by Crippen LogP contribution is 2.18. The number of rotatable bonds is 10. The van der Waals surface area contributed by atoms with E-state index in [1.54, 1.807) is 0 Å². The van der Waals surface area contributed by atoms with E-state index in [1.165, 1.54) is 35.9 Å². The lowest BCUT2D eigenvalue weighted by Gasteiger charge is -2.06. The van der Waals surface area contributed by atoms with Gasteiger partial charge in [-0.3, -0.25) is 9.59 Å². The smallest absolute Gasteiger partial charge is 0.247 e. The molecule has 0 radical (unpaired) electrons. The number of hydrogen-bond donors (Lipinski definition) is 1. The highest BCUT2D eigenvalue weighted by atomic mass is 16.2. The van der Waals surface area contributed by atoms with E-state index in [0.717, 1.165) is 29.9 Å². The van der Waals surface area contributed by atoms with Crippen LogP contribution in [-0.2, 0) is 11.2 Å². The summed E-state index contributed by atoms with van der Waals surface area (Å²) in [5, 5.41) is 7.23. The van der Waals surface area contributed by atoms with Crippen molar-refractivity contribution < 1.29 is 9.59 Å². The second kappa shape index (κ2) is 10.7. The molecule has 5 nitrogen and oxygen atoms in total. The van der Waals surface area contributed by atoms with Crippen molar-refractivity contribution in [3.63, 3.8) is 0 Å². The van der Waals surface area contributed by atoms with Crippen molar-refractivity contribution in [2.75, 3.05) is 5.32 Å². The van der Waals surface area contributed by atoms with Crippen LogP contribution in [0, 0.1) is 13.8 Å². The van der Waals surface area contributed by atoms with Gasteiger partial charge in [0, 0.05) is 24.2 Å². The van der Waals surface area contributed by atoms with Gasteiger partial charge in [-0.2, -0.15) is 5.10 Å². The van der Waals surface area contributed by atoms with E-state index < -0.39 is 0 Å². The number of aryl methyl sites for hydroxylation is 1. The average Bonchev–Trinajstić information content (AvgIpc) is 2.95. The number of hydrogen-bond acceptors (Lipinski definition) is 3. The number of aromatic nitrogens is 2.